The van der Waals surface area contributed by atoms with Crippen molar-refractivity contribution in [2.75, 3.05) is 26.4 Å². The molecular formula is C42H75O11P. The number of esters is 2. The molecule has 0 rings (SSSR count). The molecule has 0 aromatic rings. The predicted octanol–water partition coefficient (Wildman–Crippen LogP) is 9.53. The average molecular weight is 787 g/mol. The SMILES string of the molecule is CCCCC/C=C\C/C=C\C/C=C\C=C\[C@@H](O)CCCC(=O)OC[C@H](COP(=O)(O)OC[C@@H](O)CO)OC(=O)CCCCCCCCCCCCCCC. The monoisotopic (exact) mass is 787 g/mol. The topological polar surface area (TPSA) is 169 Å². The van der Waals surface area contributed by atoms with Gasteiger partial charge in [-0.2, -0.15) is 0 Å². The van der Waals surface area contributed by atoms with Crippen molar-refractivity contribution in [2.24, 2.45) is 0 Å². The molecule has 0 spiro atoms. The second kappa shape index (κ2) is 37.8. The van der Waals surface area contributed by atoms with Gasteiger partial charge >= 0.3 is 19.8 Å². The average Bonchev–Trinajstić information content (AvgIpc) is 3.15. The lowest BCUT2D eigenvalue weighted by atomic mass is 10.0. The summed E-state index contributed by atoms with van der Waals surface area (Å²) in [6.07, 6.45) is 35.4. The first kappa shape index (κ1) is 51.9. The van der Waals surface area contributed by atoms with Crippen LogP contribution < -0.4 is 0 Å². The quantitative estimate of drug-likeness (QED) is 0.0155. The molecule has 0 saturated carbocycles. The number of aliphatic hydroxyl groups excluding tert-OH is 3. The molecule has 0 aromatic carbocycles. The first-order chi connectivity index (χ1) is 26.1. The third-order valence-electron chi connectivity index (χ3n) is 8.59. The van der Waals surface area contributed by atoms with Crippen LogP contribution in [0, 0.1) is 0 Å². The van der Waals surface area contributed by atoms with Crippen LogP contribution >= 0.6 is 7.82 Å². The molecule has 0 aliphatic heterocycles. The summed E-state index contributed by atoms with van der Waals surface area (Å²) < 4.78 is 32.5. The van der Waals surface area contributed by atoms with E-state index >= 15 is 0 Å². The minimum absolute atomic E-state index is 0.0136. The van der Waals surface area contributed by atoms with Crippen molar-refractivity contribution in [3.8, 4) is 0 Å². The van der Waals surface area contributed by atoms with Gasteiger partial charge in [-0.05, 0) is 44.9 Å². The number of carbonyl (C=O) groups is 2. The lowest BCUT2D eigenvalue weighted by Gasteiger charge is -2.20. The number of phosphoric ester groups is 1. The molecular weight excluding hydrogens is 711 g/mol. The highest BCUT2D eigenvalue weighted by Gasteiger charge is 2.27. The summed E-state index contributed by atoms with van der Waals surface area (Å²) in [4.78, 5) is 34.9. The van der Waals surface area contributed by atoms with Gasteiger partial charge in [-0.1, -0.05) is 152 Å². The fourth-order valence-corrected chi connectivity index (χ4v) is 6.12. The number of ether oxygens (including phenoxy) is 2. The normalized spacial score (nSPS) is 15.0. The van der Waals surface area contributed by atoms with Crippen molar-refractivity contribution in [1.29, 1.82) is 0 Å². The molecule has 0 aliphatic rings. The molecule has 0 saturated heterocycles. The van der Waals surface area contributed by atoms with Crippen molar-refractivity contribution in [3.63, 3.8) is 0 Å². The summed E-state index contributed by atoms with van der Waals surface area (Å²) in [5.41, 5.74) is 0. The maximum absolute atomic E-state index is 12.6. The summed E-state index contributed by atoms with van der Waals surface area (Å²) in [5, 5.41) is 28.5. The molecule has 1 unspecified atom stereocenters. The number of allylic oxidation sites excluding steroid dienone is 7. The molecule has 4 atom stereocenters. The third kappa shape index (κ3) is 36.8. The van der Waals surface area contributed by atoms with E-state index in [0.29, 0.717) is 19.3 Å². The van der Waals surface area contributed by atoms with Gasteiger partial charge in [-0.3, -0.25) is 18.6 Å². The standard InChI is InChI=1S/C42H75O11P/c1-3-5-7-9-11-13-15-17-19-21-23-25-27-30-38(44)31-29-33-41(46)50-36-40(37-52-54(48,49)51-35-39(45)34-43)53-42(47)32-28-26-24-22-20-18-16-14-12-10-8-6-4-2/h11,13,17,19,23,25,27,30,38-40,43-45H,3-10,12,14-16,18,20-22,24,26,28-29,31-37H2,1-2H3,(H,48,49)/b13-11-,19-17-,25-23-,30-27+/t38-,39+,40-/m1/s1. The molecule has 11 nitrogen and oxygen atoms in total. The fraction of sp³-hybridized carbons (Fsp3) is 0.762. The van der Waals surface area contributed by atoms with Crippen molar-refractivity contribution in [2.45, 2.75) is 180 Å². The van der Waals surface area contributed by atoms with Crippen LogP contribution in [0.1, 0.15) is 162 Å². The Kier molecular flexibility index (Phi) is 36.3. The Balaban J connectivity index is 4.52. The Hall–Kier alpha value is -2.11. The highest BCUT2D eigenvalue weighted by atomic mass is 31.2. The lowest BCUT2D eigenvalue weighted by Crippen LogP contribution is -2.30. The number of hydrogen-bond acceptors (Lipinski definition) is 10. The Morgan fingerprint density at radius 3 is 1.80 bits per heavy atom. The molecule has 54 heavy (non-hydrogen) atoms. The van der Waals surface area contributed by atoms with E-state index in [0.717, 1.165) is 38.5 Å². The van der Waals surface area contributed by atoms with Gasteiger partial charge in [0, 0.05) is 12.8 Å². The number of rotatable bonds is 38. The maximum Gasteiger partial charge on any atom is 0.472 e. The van der Waals surface area contributed by atoms with E-state index < -0.39 is 64.5 Å². The zero-order valence-electron chi connectivity index (χ0n) is 33.5. The van der Waals surface area contributed by atoms with Crippen molar-refractivity contribution < 1.29 is 52.9 Å². The van der Waals surface area contributed by atoms with Crippen LogP contribution in [-0.4, -0.2) is 76.9 Å². The molecule has 0 radical (unpaired) electrons. The van der Waals surface area contributed by atoms with Crippen LogP contribution in [0.15, 0.2) is 48.6 Å². The largest absolute Gasteiger partial charge is 0.472 e. The summed E-state index contributed by atoms with van der Waals surface area (Å²) >= 11 is 0. The van der Waals surface area contributed by atoms with Gasteiger partial charge in [0.25, 0.3) is 0 Å². The van der Waals surface area contributed by atoms with E-state index in [1.165, 1.54) is 77.0 Å². The maximum atomic E-state index is 12.6. The van der Waals surface area contributed by atoms with E-state index in [2.05, 4.69) is 42.7 Å². The van der Waals surface area contributed by atoms with Gasteiger partial charge in [0.1, 0.15) is 12.7 Å². The predicted molar refractivity (Wildman–Crippen MR) is 216 cm³/mol. The number of hydrogen-bond donors (Lipinski definition) is 4. The van der Waals surface area contributed by atoms with Crippen LogP contribution in [0.4, 0.5) is 0 Å². The number of phosphoric acid groups is 1. The van der Waals surface area contributed by atoms with E-state index in [1.54, 1.807) is 12.2 Å². The van der Waals surface area contributed by atoms with Crippen LogP contribution in [0.5, 0.6) is 0 Å². The number of carbonyl (C=O) groups excluding carboxylic acids is 2. The molecule has 4 N–H and O–H groups in total. The van der Waals surface area contributed by atoms with Gasteiger partial charge < -0.3 is 29.7 Å². The molecule has 12 heteroatoms. The Morgan fingerprint density at radius 1 is 0.630 bits per heavy atom. The van der Waals surface area contributed by atoms with Gasteiger partial charge in [0.2, 0.25) is 0 Å². The van der Waals surface area contributed by atoms with Crippen LogP contribution in [-0.2, 0) is 32.7 Å². The highest BCUT2D eigenvalue weighted by molar-refractivity contribution is 7.47. The van der Waals surface area contributed by atoms with E-state index in [-0.39, 0.29) is 12.8 Å². The number of unbranched alkanes of at least 4 members (excludes halogenated alkanes) is 15. The lowest BCUT2D eigenvalue weighted by molar-refractivity contribution is -0.161. The van der Waals surface area contributed by atoms with Gasteiger partial charge in [-0.15, -0.1) is 0 Å². The first-order valence-corrected chi connectivity index (χ1v) is 22.2. The fourth-order valence-electron chi connectivity index (χ4n) is 5.33. The van der Waals surface area contributed by atoms with E-state index in [9.17, 15) is 29.3 Å². The molecule has 0 heterocycles. The first-order valence-electron chi connectivity index (χ1n) is 20.7. The van der Waals surface area contributed by atoms with Crippen molar-refractivity contribution >= 4 is 19.8 Å². The van der Waals surface area contributed by atoms with Crippen LogP contribution in [0.3, 0.4) is 0 Å². The third-order valence-corrected chi connectivity index (χ3v) is 9.54. The second-order valence-electron chi connectivity index (χ2n) is 13.9. The zero-order chi connectivity index (χ0) is 40.0. The second-order valence-corrected chi connectivity index (χ2v) is 15.3. The van der Waals surface area contributed by atoms with Crippen molar-refractivity contribution in [1.82, 2.24) is 0 Å². The Bertz CT molecular complexity index is 1060. The van der Waals surface area contributed by atoms with Crippen molar-refractivity contribution in [3.05, 3.63) is 48.6 Å². The molecule has 0 aromatic heterocycles. The number of aliphatic hydroxyl groups is 3. The zero-order valence-corrected chi connectivity index (χ0v) is 34.4. The molecule has 0 amide bonds. The molecule has 0 fully saturated rings. The Labute approximate surface area is 326 Å². The molecule has 314 valence electrons. The van der Waals surface area contributed by atoms with Gasteiger partial charge in [0.15, 0.2) is 6.10 Å². The van der Waals surface area contributed by atoms with E-state index in [4.69, 9.17) is 19.1 Å². The smallest absolute Gasteiger partial charge is 0.462 e. The van der Waals surface area contributed by atoms with Gasteiger partial charge in [-0.25, -0.2) is 4.57 Å². The minimum Gasteiger partial charge on any atom is -0.462 e. The summed E-state index contributed by atoms with van der Waals surface area (Å²) in [6.45, 7) is 2.12. The van der Waals surface area contributed by atoms with Crippen LogP contribution in [0.2, 0.25) is 0 Å². The van der Waals surface area contributed by atoms with Crippen LogP contribution in [0.25, 0.3) is 0 Å². The van der Waals surface area contributed by atoms with Gasteiger partial charge in [0.05, 0.1) is 25.9 Å². The summed E-state index contributed by atoms with van der Waals surface area (Å²) in [6, 6.07) is 0. The summed E-state index contributed by atoms with van der Waals surface area (Å²) in [7, 11) is -4.66. The highest BCUT2D eigenvalue weighted by Crippen LogP contribution is 2.43. The summed E-state index contributed by atoms with van der Waals surface area (Å²) in [5.74, 6) is -1.13. The molecule has 0 bridgehead atoms. The van der Waals surface area contributed by atoms with E-state index in [1.807, 2.05) is 12.2 Å². The molecule has 0 aliphatic carbocycles. The Morgan fingerprint density at radius 2 is 1.17 bits per heavy atom. The minimum atomic E-state index is -4.66.